The summed E-state index contributed by atoms with van der Waals surface area (Å²) in [6.07, 6.45) is 3.11. The normalized spacial score (nSPS) is 18.0. The lowest BCUT2D eigenvalue weighted by Crippen LogP contribution is -2.42. The first-order valence-corrected chi connectivity index (χ1v) is 8.66. The van der Waals surface area contributed by atoms with Crippen LogP contribution in [0.25, 0.3) is 0 Å². The van der Waals surface area contributed by atoms with Gasteiger partial charge in [0, 0.05) is 6.54 Å². The number of carbonyl (C=O) groups is 1. The molecule has 1 fully saturated rings. The van der Waals surface area contributed by atoms with Crippen molar-refractivity contribution in [2.75, 3.05) is 19.6 Å². The summed E-state index contributed by atoms with van der Waals surface area (Å²) < 4.78 is 0. The van der Waals surface area contributed by atoms with Crippen LogP contribution in [-0.2, 0) is 6.42 Å². The Hall–Kier alpha value is -0.940. The van der Waals surface area contributed by atoms with Crippen LogP contribution in [0.2, 0.25) is 0 Å². The fraction of sp³-hybridized carbons (Fsp3) is 0.750. The summed E-state index contributed by atoms with van der Waals surface area (Å²) in [4.78, 5) is 17.8. The van der Waals surface area contributed by atoms with Crippen molar-refractivity contribution in [1.29, 1.82) is 0 Å². The Morgan fingerprint density at radius 3 is 2.71 bits per heavy atom. The lowest BCUT2D eigenvalue weighted by atomic mass is 9.81. The molecular weight excluding hydrogens is 282 g/mol. The molecule has 0 atom stereocenters. The zero-order valence-corrected chi connectivity index (χ0v) is 14.4. The third-order valence-electron chi connectivity index (χ3n) is 4.10. The largest absolute Gasteiger partial charge is 0.351 e. The summed E-state index contributed by atoms with van der Waals surface area (Å²) in [5.74, 6) is 0.566. The van der Waals surface area contributed by atoms with Gasteiger partial charge in [0.15, 0.2) is 0 Å². The molecule has 2 heterocycles. The van der Waals surface area contributed by atoms with E-state index in [1.165, 1.54) is 11.3 Å². The van der Waals surface area contributed by atoms with E-state index in [0.29, 0.717) is 5.92 Å². The molecule has 1 aromatic heterocycles. The summed E-state index contributed by atoms with van der Waals surface area (Å²) in [6.45, 7) is 11.4. The Labute approximate surface area is 131 Å². The monoisotopic (exact) mass is 309 g/mol. The van der Waals surface area contributed by atoms with Gasteiger partial charge in [0.05, 0.1) is 10.7 Å². The van der Waals surface area contributed by atoms with Gasteiger partial charge in [-0.05, 0) is 50.6 Å². The van der Waals surface area contributed by atoms with Gasteiger partial charge in [-0.2, -0.15) is 0 Å². The predicted molar refractivity (Wildman–Crippen MR) is 87.9 cm³/mol. The molecule has 1 aliphatic heterocycles. The van der Waals surface area contributed by atoms with Crippen LogP contribution < -0.4 is 10.6 Å². The van der Waals surface area contributed by atoms with Crippen LogP contribution in [0.1, 0.15) is 54.0 Å². The van der Waals surface area contributed by atoms with Crippen LogP contribution in [-0.4, -0.2) is 30.5 Å². The molecule has 0 unspecified atom stereocenters. The Bertz CT molecular complexity index is 490. The first-order chi connectivity index (χ1) is 9.89. The second-order valence-corrected chi connectivity index (χ2v) is 8.05. The lowest BCUT2D eigenvalue weighted by Gasteiger charge is -2.34. The average Bonchev–Trinajstić information content (AvgIpc) is 2.77. The maximum absolute atomic E-state index is 12.5. The van der Waals surface area contributed by atoms with E-state index in [0.717, 1.165) is 54.5 Å². The minimum absolute atomic E-state index is 0.0519. The summed E-state index contributed by atoms with van der Waals surface area (Å²) in [6, 6.07) is 0. The number of thiazole rings is 1. The number of amides is 1. The van der Waals surface area contributed by atoms with Gasteiger partial charge < -0.3 is 10.6 Å². The molecule has 5 heteroatoms. The van der Waals surface area contributed by atoms with E-state index in [2.05, 4.69) is 36.4 Å². The third kappa shape index (κ3) is 4.51. The van der Waals surface area contributed by atoms with Crippen molar-refractivity contribution < 1.29 is 4.79 Å². The molecule has 1 aliphatic rings. The van der Waals surface area contributed by atoms with E-state index < -0.39 is 0 Å². The minimum Gasteiger partial charge on any atom is -0.351 e. The molecule has 1 amide bonds. The topological polar surface area (TPSA) is 54.0 Å². The first kappa shape index (κ1) is 16.4. The molecule has 0 saturated carbocycles. The van der Waals surface area contributed by atoms with E-state index in [-0.39, 0.29) is 11.3 Å². The fourth-order valence-corrected chi connectivity index (χ4v) is 3.62. The van der Waals surface area contributed by atoms with Gasteiger partial charge in [0.25, 0.3) is 5.91 Å². The van der Waals surface area contributed by atoms with Gasteiger partial charge in [0.2, 0.25) is 0 Å². The number of carbonyl (C=O) groups excluding carboxylic acids is 1. The molecule has 0 spiro atoms. The standard InChI is InChI=1S/C16H27N3OS/c1-11(2)9-13-14(21-12(3)19-13)15(20)18-10-16(4)5-7-17-8-6-16/h11,17H,5-10H2,1-4H3,(H,18,20). The molecule has 2 N–H and O–H groups in total. The Morgan fingerprint density at radius 1 is 1.43 bits per heavy atom. The number of aromatic nitrogens is 1. The third-order valence-corrected chi connectivity index (χ3v) is 5.11. The summed E-state index contributed by atoms with van der Waals surface area (Å²) >= 11 is 1.51. The number of nitrogens with one attached hydrogen (secondary N) is 2. The molecular formula is C16H27N3OS. The van der Waals surface area contributed by atoms with Crippen LogP contribution in [0, 0.1) is 18.3 Å². The molecule has 0 radical (unpaired) electrons. The summed E-state index contributed by atoms with van der Waals surface area (Å²) in [7, 11) is 0. The summed E-state index contributed by atoms with van der Waals surface area (Å²) in [5.41, 5.74) is 1.18. The first-order valence-electron chi connectivity index (χ1n) is 7.85. The maximum Gasteiger partial charge on any atom is 0.263 e. The molecule has 0 bridgehead atoms. The van der Waals surface area contributed by atoms with Gasteiger partial charge in [-0.15, -0.1) is 11.3 Å². The number of rotatable bonds is 5. The van der Waals surface area contributed by atoms with E-state index in [4.69, 9.17) is 0 Å². The highest BCUT2D eigenvalue weighted by atomic mass is 32.1. The van der Waals surface area contributed by atoms with Crippen molar-refractivity contribution in [2.24, 2.45) is 11.3 Å². The number of hydrogen-bond acceptors (Lipinski definition) is 4. The van der Waals surface area contributed by atoms with Gasteiger partial charge in [-0.25, -0.2) is 4.98 Å². The van der Waals surface area contributed by atoms with Crippen molar-refractivity contribution >= 4 is 17.2 Å². The van der Waals surface area contributed by atoms with Crippen LogP contribution >= 0.6 is 11.3 Å². The predicted octanol–water partition coefficient (Wildman–Crippen LogP) is 2.77. The Kier molecular flexibility index (Phi) is 5.38. The van der Waals surface area contributed by atoms with Crippen molar-refractivity contribution in [2.45, 2.75) is 47.0 Å². The molecule has 2 rings (SSSR count). The molecule has 21 heavy (non-hydrogen) atoms. The van der Waals surface area contributed by atoms with Gasteiger partial charge >= 0.3 is 0 Å². The highest BCUT2D eigenvalue weighted by Gasteiger charge is 2.28. The second kappa shape index (κ2) is 6.88. The van der Waals surface area contributed by atoms with Crippen LogP contribution in [0.3, 0.4) is 0 Å². The zero-order valence-electron chi connectivity index (χ0n) is 13.6. The molecule has 118 valence electrons. The van der Waals surface area contributed by atoms with E-state index in [1.807, 2.05) is 6.92 Å². The number of hydrogen-bond donors (Lipinski definition) is 2. The quantitative estimate of drug-likeness (QED) is 0.879. The number of nitrogens with zero attached hydrogens (tertiary/aromatic N) is 1. The number of piperidine rings is 1. The molecule has 4 nitrogen and oxygen atoms in total. The fourth-order valence-electron chi connectivity index (χ4n) is 2.75. The van der Waals surface area contributed by atoms with Crippen LogP contribution in [0.5, 0.6) is 0 Å². The minimum atomic E-state index is 0.0519. The van der Waals surface area contributed by atoms with Crippen LogP contribution in [0.4, 0.5) is 0 Å². The van der Waals surface area contributed by atoms with Crippen molar-refractivity contribution in [3.63, 3.8) is 0 Å². The highest BCUT2D eigenvalue weighted by molar-refractivity contribution is 7.13. The number of aryl methyl sites for hydroxylation is 1. The Balaban J connectivity index is 1.99. The lowest BCUT2D eigenvalue weighted by molar-refractivity contribution is 0.0925. The van der Waals surface area contributed by atoms with Crippen LogP contribution in [0.15, 0.2) is 0 Å². The zero-order chi connectivity index (χ0) is 15.5. The van der Waals surface area contributed by atoms with E-state index >= 15 is 0 Å². The average molecular weight is 309 g/mol. The van der Waals surface area contributed by atoms with Crippen molar-refractivity contribution in [3.05, 3.63) is 15.6 Å². The van der Waals surface area contributed by atoms with Crippen molar-refractivity contribution in [1.82, 2.24) is 15.6 Å². The van der Waals surface area contributed by atoms with Crippen molar-refractivity contribution in [3.8, 4) is 0 Å². The van der Waals surface area contributed by atoms with Gasteiger partial charge in [0.1, 0.15) is 4.88 Å². The summed E-state index contributed by atoms with van der Waals surface area (Å²) in [5, 5.41) is 7.49. The second-order valence-electron chi connectivity index (χ2n) is 6.85. The maximum atomic E-state index is 12.5. The van der Waals surface area contributed by atoms with Gasteiger partial charge in [-0.3, -0.25) is 4.79 Å². The SMILES string of the molecule is Cc1nc(CC(C)C)c(C(=O)NCC2(C)CCNCC2)s1. The Morgan fingerprint density at radius 2 is 2.10 bits per heavy atom. The highest BCUT2D eigenvalue weighted by Crippen LogP contribution is 2.27. The molecule has 0 aromatic carbocycles. The molecule has 0 aliphatic carbocycles. The van der Waals surface area contributed by atoms with E-state index in [1.54, 1.807) is 0 Å². The molecule has 1 saturated heterocycles. The van der Waals surface area contributed by atoms with Gasteiger partial charge in [-0.1, -0.05) is 20.8 Å². The molecule has 1 aromatic rings. The smallest absolute Gasteiger partial charge is 0.263 e. The van der Waals surface area contributed by atoms with E-state index in [9.17, 15) is 4.79 Å².